The highest BCUT2D eigenvalue weighted by atomic mass is 16.5. The standard InChI is InChI=1S/C25H26N4O5/c1-15(21-11-9-19(33-3)13-23(21)30)26-28-18-7-5-17(6-8-18)25(32)29-27-16(2)22-12-10-20(34-4)14-24(22)31/h5-14,28,30-31H,1-4H3,(H,29,32)/b26-15-,27-16-. The molecule has 3 aromatic carbocycles. The summed E-state index contributed by atoms with van der Waals surface area (Å²) >= 11 is 0. The maximum Gasteiger partial charge on any atom is 0.271 e. The molecule has 0 saturated heterocycles. The van der Waals surface area contributed by atoms with Crippen molar-refractivity contribution in [1.82, 2.24) is 5.43 Å². The minimum Gasteiger partial charge on any atom is -0.507 e. The fourth-order valence-corrected chi connectivity index (χ4v) is 3.05. The van der Waals surface area contributed by atoms with Gasteiger partial charge in [-0.05, 0) is 62.4 Å². The largest absolute Gasteiger partial charge is 0.507 e. The van der Waals surface area contributed by atoms with Crippen LogP contribution in [0, 0.1) is 0 Å². The maximum atomic E-state index is 12.4. The van der Waals surface area contributed by atoms with Crippen molar-refractivity contribution in [3.8, 4) is 23.0 Å². The summed E-state index contributed by atoms with van der Waals surface area (Å²) in [7, 11) is 3.04. The molecule has 0 fully saturated rings. The van der Waals surface area contributed by atoms with E-state index in [1.165, 1.54) is 26.4 Å². The number of aromatic hydroxyl groups is 2. The molecule has 0 aliphatic rings. The van der Waals surface area contributed by atoms with Gasteiger partial charge in [0.15, 0.2) is 0 Å². The van der Waals surface area contributed by atoms with Crippen LogP contribution in [0.1, 0.15) is 35.3 Å². The lowest BCUT2D eigenvalue weighted by molar-refractivity contribution is 0.0955. The van der Waals surface area contributed by atoms with Gasteiger partial charge in [-0.25, -0.2) is 5.43 Å². The predicted octanol–water partition coefficient (Wildman–Crippen LogP) is 4.11. The van der Waals surface area contributed by atoms with E-state index in [1.54, 1.807) is 62.4 Å². The van der Waals surface area contributed by atoms with Crippen LogP contribution in [0.25, 0.3) is 0 Å². The van der Waals surface area contributed by atoms with Crippen LogP contribution in [-0.2, 0) is 0 Å². The molecule has 0 bridgehead atoms. The van der Waals surface area contributed by atoms with Gasteiger partial charge in [0.1, 0.15) is 23.0 Å². The molecule has 0 aliphatic carbocycles. The highest BCUT2D eigenvalue weighted by molar-refractivity contribution is 6.03. The summed E-state index contributed by atoms with van der Waals surface area (Å²) in [5.74, 6) is 0.738. The van der Waals surface area contributed by atoms with Crippen LogP contribution < -0.4 is 20.3 Å². The third-order valence-electron chi connectivity index (χ3n) is 5.01. The molecule has 3 rings (SSSR count). The van der Waals surface area contributed by atoms with Crippen molar-refractivity contribution in [2.24, 2.45) is 10.2 Å². The first-order valence-corrected chi connectivity index (χ1v) is 10.3. The first-order chi connectivity index (χ1) is 16.3. The molecule has 0 aliphatic heterocycles. The van der Waals surface area contributed by atoms with Gasteiger partial charge in [-0.3, -0.25) is 10.2 Å². The molecule has 0 spiro atoms. The van der Waals surface area contributed by atoms with E-state index in [9.17, 15) is 15.0 Å². The predicted molar refractivity (Wildman–Crippen MR) is 131 cm³/mol. The highest BCUT2D eigenvalue weighted by Crippen LogP contribution is 2.25. The normalized spacial score (nSPS) is 11.6. The molecule has 9 nitrogen and oxygen atoms in total. The Morgan fingerprint density at radius 3 is 1.74 bits per heavy atom. The van der Waals surface area contributed by atoms with E-state index < -0.39 is 5.91 Å². The third kappa shape index (κ3) is 5.83. The summed E-state index contributed by atoms with van der Waals surface area (Å²) in [6.07, 6.45) is 0. The van der Waals surface area contributed by atoms with Crippen LogP contribution in [0.15, 0.2) is 70.9 Å². The zero-order chi connectivity index (χ0) is 24.7. The number of amides is 1. The summed E-state index contributed by atoms with van der Waals surface area (Å²) in [6, 6.07) is 16.5. The lowest BCUT2D eigenvalue weighted by atomic mass is 10.1. The molecule has 0 atom stereocenters. The van der Waals surface area contributed by atoms with Crippen molar-refractivity contribution in [2.75, 3.05) is 19.6 Å². The number of phenolic OH excluding ortho intramolecular Hbond substituents is 2. The van der Waals surface area contributed by atoms with Gasteiger partial charge in [-0.15, -0.1) is 0 Å². The summed E-state index contributed by atoms with van der Waals surface area (Å²) in [5.41, 5.74) is 8.51. The molecule has 0 radical (unpaired) electrons. The molecular weight excluding hydrogens is 436 g/mol. The maximum absolute atomic E-state index is 12.4. The molecule has 9 heteroatoms. The lowest BCUT2D eigenvalue weighted by Gasteiger charge is -2.08. The number of methoxy groups -OCH3 is 2. The van der Waals surface area contributed by atoms with Crippen molar-refractivity contribution in [3.05, 3.63) is 77.4 Å². The molecule has 4 N–H and O–H groups in total. The fraction of sp³-hybridized carbons (Fsp3) is 0.160. The second-order valence-electron chi connectivity index (χ2n) is 7.29. The smallest absolute Gasteiger partial charge is 0.271 e. The van der Waals surface area contributed by atoms with E-state index in [0.717, 1.165) is 0 Å². The van der Waals surface area contributed by atoms with Gasteiger partial charge in [0.25, 0.3) is 5.91 Å². The number of carbonyl (C=O) groups is 1. The van der Waals surface area contributed by atoms with Crippen LogP contribution in [0.5, 0.6) is 23.0 Å². The summed E-state index contributed by atoms with van der Waals surface area (Å²) in [5, 5.41) is 28.6. The van der Waals surface area contributed by atoms with Crippen LogP contribution in [0.3, 0.4) is 0 Å². The van der Waals surface area contributed by atoms with Crippen LogP contribution in [-0.4, -0.2) is 41.8 Å². The average molecular weight is 463 g/mol. The second kappa shape index (κ2) is 10.9. The fourth-order valence-electron chi connectivity index (χ4n) is 3.05. The SMILES string of the molecule is COc1ccc(/C(C)=N\NC(=O)c2ccc(N/N=C(/C)c3ccc(OC)cc3O)cc2)c(O)c1. The van der Waals surface area contributed by atoms with E-state index in [4.69, 9.17) is 9.47 Å². The number of hydrogen-bond acceptors (Lipinski definition) is 8. The molecule has 1 amide bonds. The topological polar surface area (TPSA) is 125 Å². The number of hydrogen-bond donors (Lipinski definition) is 4. The number of phenols is 2. The van der Waals surface area contributed by atoms with E-state index in [1.807, 2.05) is 0 Å². The van der Waals surface area contributed by atoms with Crippen molar-refractivity contribution >= 4 is 23.0 Å². The van der Waals surface area contributed by atoms with E-state index >= 15 is 0 Å². The second-order valence-corrected chi connectivity index (χ2v) is 7.29. The van der Waals surface area contributed by atoms with Gasteiger partial charge < -0.3 is 19.7 Å². The minimum atomic E-state index is -0.401. The molecule has 34 heavy (non-hydrogen) atoms. The van der Waals surface area contributed by atoms with Crippen molar-refractivity contribution < 1.29 is 24.5 Å². The molecule has 3 aromatic rings. The number of nitrogens with zero attached hydrogens (tertiary/aromatic N) is 2. The Morgan fingerprint density at radius 1 is 0.765 bits per heavy atom. The van der Waals surface area contributed by atoms with Crippen molar-refractivity contribution in [1.29, 1.82) is 0 Å². The Bertz CT molecular complexity index is 1240. The Labute approximate surface area is 197 Å². The zero-order valence-electron chi connectivity index (χ0n) is 19.3. The molecule has 0 saturated carbocycles. The van der Waals surface area contributed by atoms with E-state index in [2.05, 4.69) is 21.1 Å². The number of rotatable bonds is 8. The quantitative estimate of drug-likeness (QED) is 0.295. The lowest BCUT2D eigenvalue weighted by Crippen LogP contribution is -2.19. The van der Waals surface area contributed by atoms with Crippen LogP contribution >= 0.6 is 0 Å². The number of anilines is 1. The van der Waals surface area contributed by atoms with Gasteiger partial charge in [-0.1, -0.05) is 0 Å². The molecular formula is C25H26N4O5. The van der Waals surface area contributed by atoms with Crippen molar-refractivity contribution in [2.45, 2.75) is 13.8 Å². The Morgan fingerprint density at radius 2 is 1.26 bits per heavy atom. The molecule has 176 valence electrons. The Hall–Kier alpha value is -4.53. The highest BCUT2D eigenvalue weighted by Gasteiger charge is 2.09. The Kier molecular flexibility index (Phi) is 7.71. The molecule has 0 heterocycles. The first kappa shape index (κ1) is 24.1. The summed E-state index contributed by atoms with van der Waals surface area (Å²) in [4.78, 5) is 12.4. The van der Waals surface area contributed by atoms with E-state index in [0.29, 0.717) is 45.3 Å². The number of benzene rings is 3. The van der Waals surface area contributed by atoms with Crippen molar-refractivity contribution in [3.63, 3.8) is 0 Å². The molecule has 0 aromatic heterocycles. The number of nitrogens with one attached hydrogen (secondary N) is 2. The monoisotopic (exact) mass is 462 g/mol. The summed E-state index contributed by atoms with van der Waals surface area (Å²) < 4.78 is 10.1. The summed E-state index contributed by atoms with van der Waals surface area (Å²) in [6.45, 7) is 3.44. The van der Waals surface area contributed by atoms with Gasteiger partial charge in [0, 0.05) is 28.8 Å². The van der Waals surface area contributed by atoms with Gasteiger partial charge >= 0.3 is 0 Å². The van der Waals surface area contributed by atoms with Gasteiger partial charge in [-0.2, -0.15) is 10.2 Å². The number of ether oxygens (including phenoxy) is 2. The van der Waals surface area contributed by atoms with E-state index in [-0.39, 0.29) is 11.5 Å². The van der Waals surface area contributed by atoms with Gasteiger partial charge in [0.05, 0.1) is 31.3 Å². The number of carbonyl (C=O) groups excluding carboxylic acids is 1. The van der Waals surface area contributed by atoms with Gasteiger partial charge in [0.2, 0.25) is 0 Å². The average Bonchev–Trinajstić information content (AvgIpc) is 2.85. The minimum absolute atomic E-state index is 0.00378. The van der Waals surface area contributed by atoms with Crippen LogP contribution in [0.2, 0.25) is 0 Å². The third-order valence-corrected chi connectivity index (χ3v) is 5.01. The Balaban J connectivity index is 1.63. The number of hydrazone groups is 2. The zero-order valence-corrected chi connectivity index (χ0v) is 19.3. The first-order valence-electron chi connectivity index (χ1n) is 10.3. The molecule has 0 unspecified atom stereocenters. The van der Waals surface area contributed by atoms with Crippen LogP contribution in [0.4, 0.5) is 5.69 Å².